The molecule has 1 heteroatoms. The lowest BCUT2D eigenvalue weighted by atomic mass is 10.1. The van der Waals surface area contributed by atoms with Gasteiger partial charge in [-0.15, -0.1) is 0 Å². The lowest BCUT2D eigenvalue weighted by Crippen LogP contribution is -1.83. The van der Waals surface area contributed by atoms with Crippen LogP contribution < -0.4 is 4.74 Å². The van der Waals surface area contributed by atoms with E-state index in [2.05, 4.69) is 31.8 Å². The number of allylic oxidation sites excluding steroid dienone is 2. The van der Waals surface area contributed by atoms with Gasteiger partial charge in [0.15, 0.2) is 0 Å². The predicted molar refractivity (Wildman–Crippen MR) is 77.8 cm³/mol. The second kappa shape index (κ2) is 8.42. The van der Waals surface area contributed by atoms with Crippen LogP contribution in [-0.4, -0.2) is 7.11 Å². The first-order valence-electron chi connectivity index (χ1n) is 6.65. The van der Waals surface area contributed by atoms with Gasteiger partial charge >= 0.3 is 0 Å². The third kappa shape index (κ3) is 5.10. The molecule has 0 aliphatic rings. The third-order valence-corrected chi connectivity index (χ3v) is 2.66. The Balaban J connectivity index is 2.76. The van der Waals surface area contributed by atoms with E-state index in [-0.39, 0.29) is 0 Å². The van der Waals surface area contributed by atoms with Gasteiger partial charge in [0.1, 0.15) is 5.75 Å². The maximum Gasteiger partial charge on any atom is 0.118 e. The molecule has 1 rings (SSSR count). The van der Waals surface area contributed by atoms with Crippen LogP contribution in [0, 0.1) is 11.8 Å². The van der Waals surface area contributed by atoms with Gasteiger partial charge in [-0.3, -0.25) is 0 Å². The van der Waals surface area contributed by atoms with E-state index in [9.17, 15) is 0 Å². The van der Waals surface area contributed by atoms with Gasteiger partial charge in [-0.05, 0) is 42.7 Å². The molecule has 0 unspecified atom stereocenters. The molecule has 1 aromatic rings. The molecule has 0 aliphatic carbocycles. The number of hydrogen-bond acceptors (Lipinski definition) is 1. The monoisotopic (exact) mass is 242 g/mol. The fourth-order valence-electron chi connectivity index (χ4n) is 1.63. The van der Waals surface area contributed by atoms with Gasteiger partial charge < -0.3 is 4.74 Å². The average Bonchev–Trinajstić information content (AvgIpc) is 2.42. The first-order valence-corrected chi connectivity index (χ1v) is 6.65. The maximum atomic E-state index is 5.13. The van der Waals surface area contributed by atoms with Crippen LogP contribution in [0.4, 0.5) is 0 Å². The van der Waals surface area contributed by atoms with Gasteiger partial charge in [0.05, 0.1) is 7.11 Å². The van der Waals surface area contributed by atoms with Crippen molar-refractivity contribution in [3.05, 3.63) is 41.5 Å². The van der Waals surface area contributed by atoms with Crippen molar-refractivity contribution in [1.82, 2.24) is 0 Å². The number of hydrogen-bond donors (Lipinski definition) is 0. The minimum Gasteiger partial charge on any atom is -0.497 e. The second-order valence-electron chi connectivity index (χ2n) is 4.25. The zero-order valence-electron chi connectivity index (χ0n) is 11.6. The van der Waals surface area contributed by atoms with Crippen LogP contribution in [0.5, 0.6) is 5.75 Å². The highest BCUT2D eigenvalue weighted by Gasteiger charge is 1.92. The molecule has 0 bridgehead atoms. The van der Waals surface area contributed by atoms with E-state index in [4.69, 9.17) is 4.74 Å². The number of ether oxygens (including phenoxy) is 1. The Bertz CT molecular complexity index is 429. The molecule has 0 spiro atoms. The topological polar surface area (TPSA) is 9.23 Å². The third-order valence-electron chi connectivity index (χ3n) is 2.66. The SMILES string of the molecule is CCC/C=C(\C#Cc1ccc(OC)cc1)CCC. The van der Waals surface area contributed by atoms with Crippen LogP contribution in [0.25, 0.3) is 0 Å². The summed E-state index contributed by atoms with van der Waals surface area (Å²) in [6, 6.07) is 7.88. The Morgan fingerprint density at radius 3 is 2.44 bits per heavy atom. The van der Waals surface area contributed by atoms with Crippen LogP contribution >= 0.6 is 0 Å². The van der Waals surface area contributed by atoms with Gasteiger partial charge in [0, 0.05) is 5.56 Å². The summed E-state index contributed by atoms with van der Waals surface area (Å²) < 4.78 is 5.13. The molecule has 0 amide bonds. The van der Waals surface area contributed by atoms with E-state index in [0.29, 0.717) is 0 Å². The molecule has 0 heterocycles. The largest absolute Gasteiger partial charge is 0.497 e. The van der Waals surface area contributed by atoms with Crippen molar-refractivity contribution in [2.45, 2.75) is 39.5 Å². The molecule has 1 nitrogen and oxygen atoms in total. The van der Waals surface area contributed by atoms with Crippen LogP contribution in [0.15, 0.2) is 35.9 Å². The molecular weight excluding hydrogens is 220 g/mol. The van der Waals surface area contributed by atoms with E-state index in [1.54, 1.807) is 7.11 Å². The lowest BCUT2D eigenvalue weighted by Gasteiger charge is -1.98. The molecular formula is C17H22O. The Hall–Kier alpha value is -1.68. The normalized spacial score (nSPS) is 10.7. The van der Waals surface area contributed by atoms with Crippen molar-refractivity contribution in [3.63, 3.8) is 0 Å². The smallest absolute Gasteiger partial charge is 0.118 e. The standard InChI is InChI=1S/C17H22O/c1-4-6-8-15(7-5-2)9-10-16-11-13-17(18-3)14-12-16/h8,11-14H,4-7H2,1-3H3/b15-8-. The maximum absolute atomic E-state index is 5.13. The molecule has 0 N–H and O–H groups in total. The summed E-state index contributed by atoms with van der Waals surface area (Å²) in [4.78, 5) is 0. The van der Waals surface area contributed by atoms with Crippen LogP contribution in [0.3, 0.4) is 0 Å². The van der Waals surface area contributed by atoms with E-state index in [1.165, 1.54) is 12.0 Å². The molecule has 0 aromatic heterocycles. The van der Waals surface area contributed by atoms with E-state index in [1.807, 2.05) is 24.3 Å². The molecule has 0 fully saturated rings. The highest BCUT2D eigenvalue weighted by atomic mass is 16.5. The van der Waals surface area contributed by atoms with Crippen molar-refractivity contribution in [1.29, 1.82) is 0 Å². The zero-order chi connectivity index (χ0) is 13.2. The summed E-state index contributed by atoms with van der Waals surface area (Å²) in [7, 11) is 1.67. The Morgan fingerprint density at radius 1 is 1.17 bits per heavy atom. The first-order chi connectivity index (χ1) is 8.80. The zero-order valence-corrected chi connectivity index (χ0v) is 11.6. The van der Waals surface area contributed by atoms with Crippen molar-refractivity contribution in [2.24, 2.45) is 0 Å². The van der Waals surface area contributed by atoms with Crippen LogP contribution in [0.2, 0.25) is 0 Å². The van der Waals surface area contributed by atoms with E-state index in [0.717, 1.165) is 30.6 Å². The minimum absolute atomic E-state index is 0.871. The average molecular weight is 242 g/mol. The van der Waals surface area contributed by atoms with Crippen LogP contribution in [0.1, 0.15) is 45.1 Å². The van der Waals surface area contributed by atoms with Gasteiger partial charge in [-0.1, -0.05) is 44.6 Å². The fraction of sp³-hybridized carbons (Fsp3) is 0.412. The first kappa shape index (κ1) is 14.4. The van der Waals surface area contributed by atoms with Crippen LogP contribution in [-0.2, 0) is 0 Å². The molecule has 0 atom stereocenters. The lowest BCUT2D eigenvalue weighted by molar-refractivity contribution is 0.415. The fourth-order valence-corrected chi connectivity index (χ4v) is 1.63. The summed E-state index contributed by atoms with van der Waals surface area (Å²) >= 11 is 0. The quantitative estimate of drug-likeness (QED) is 0.687. The molecule has 0 aliphatic heterocycles. The van der Waals surface area contributed by atoms with E-state index < -0.39 is 0 Å². The summed E-state index contributed by atoms with van der Waals surface area (Å²) in [6.07, 6.45) is 6.78. The molecule has 96 valence electrons. The van der Waals surface area contributed by atoms with E-state index >= 15 is 0 Å². The van der Waals surface area contributed by atoms with Gasteiger partial charge in [-0.25, -0.2) is 0 Å². The highest BCUT2D eigenvalue weighted by molar-refractivity contribution is 5.42. The van der Waals surface area contributed by atoms with Crippen molar-refractivity contribution in [3.8, 4) is 17.6 Å². The molecule has 0 saturated carbocycles. The predicted octanol–water partition coefficient (Wildman–Crippen LogP) is 4.57. The second-order valence-corrected chi connectivity index (χ2v) is 4.25. The number of rotatable bonds is 5. The number of methoxy groups -OCH3 is 1. The number of unbranched alkanes of at least 4 members (excludes halogenated alkanes) is 1. The Kier molecular flexibility index (Phi) is 6.72. The summed E-state index contributed by atoms with van der Waals surface area (Å²) in [6.45, 7) is 4.38. The minimum atomic E-state index is 0.871. The van der Waals surface area contributed by atoms with Crippen molar-refractivity contribution in [2.75, 3.05) is 7.11 Å². The van der Waals surface area contributed by atoms with Gasteiger partial charge in [0.2, 0.25) is 0 Å². The number of benzene rings is 1. The van der Waals surface area contributed by atoms with Crippen molar-refractivity contribution < 1.29 is 4.74 Å². The van der Waals surface area contributed by atoms with Crippen molar-refractivity contribution >= 4 is 0 Å². The Labute approximate surface area is 111 Å². The summed E-state index contributed by atoms with van der Waals surface area (Å²) in [5.74, 6) is 7.37. The molecule has 0 saturated heterocycles. The summed E-state index contributed by atoms with van der Waals surface area (Å²) in [5, 5.41) is 0. The highest BCUT2D eigenvalue weighted by Crippen LogP contribution is 2.11. The molecule has 1 aromatic carbocycles. The molecule has 18 heavy (non-hydrogen) atoms. The van der Waals surface area contributed by atoms with Gasteiger partial charge in [0.25, 0.3) is 0 Å². The summed E-state index contributed by atoms with van der Waals surface area (Å²) in [5.41, 5.74) is 2.30. The Morgan fingerprint density at radius 2 is 1.89 bits per heavy atom. The molecule has 0 radical (unpaired) electrons. The van der Waals surface area contributed by atoms with Gasteiger partial charge in [-0.2, -0.15) is 0 Å².